The van der Waals surface area contributed by atoms with Gasteiger partial charge >= 0.3 is 6.09 Å². The Morgan fingerprint density at radius 1 is 1.00 bits per heavy atom. The largest absolute Gasteiger partial charge is 0.444 e. The van der Waals surface area contributed by atoms with Gasteiger partial charge in [-0.25, -0.2) is 9.78 Å². The van der Waals surface area contributed by atoms with Crippen molar-refractivity contribution in [2.75, 3.05) is 62.3 Å². The van der Waals surface area contributed by atoms with Gasteiger partial charge in [-0.05, 0) is 52.0 Å². The molecule has 0 aliphatic carbocycles. The standard InChI is InChI=1S/C29H36N4O3S/c1-19-13-25-27(37-19)26(33-15-21-17-35-18-22(21)16-33)14-24(30-25)20-5-7-23(8-6-20)31-9-11-32(12-10-31)28(34)36-29(2,3)4/h5-8,13-14,21-22H,9-12,15-18H2,1-4H3. The Morgan fingerprint density at radius 2 is 1.68 bits per heavy atom. The van der Waals surface area contributed by atoms with Gasteiger partial charge in [-0.3, -0.25) is 0 Å². The van der Waals surface area contributed by atoms with Crippen LogP contribution in [0.1, 0.15) is 25.6 Å². The highest BCUT2D eigenvalue weighted by atomic mass is 32.1. The molecular weight excluding hydrogens is 484 g/mol. The first kappa shape index (κ1) is 24.5. The third-order valence-corrected chi connectivity index (χ3v) is 8.69. The lowest BCUT2D eigenvalue weighted by atomic mass is 10.0. The molecule has 0 saturated carbocycles. The number of rotatable bonds is 3. The molecule has 2 atom stereocenters. The third kappa shape index (κ3) is 5.01. The van der Waals surface area contributed by atoms with E-state index in [-0.39, 0.29) is 6.09 Å². The van der Waals surface area contributed by atoms with Crippen molar-refractivity contribution in [3.8, 4) is 11.3 Å². The number of aryl methyl sites for hydroxylation is 1. The van der Waals surface area contributed by atoms with Crippen LogP contribution in [0.2, 0.25) is 0 Å². The second-order valence-corrected chi connectivity index (χ2v) is 12.8. The summed E-state index contributed by atoms with van der Waals surface area (Å²) in [5.41, 5.74) is 5.26. The summed E-state index contributed by atoms with van der Waals surface area (Å²) in [7, 11) is 0. The van der Waals surface area contributed by atoms with Crippen molar-refractivity contribution >= 4 is 39.0 Å². The van der Waals surface area contributed by atoms with Crippen molar-refractivity contribution in [2.45, 2.75) is 33.3 Å². The van der Waals surface area contributed by atoms with Gasteiger partial charge in [0.15, 0.2) is 0 Å². The first-order valence-electron chi connectivity index (χ1n) is 13.3. The minimum Gasteiger partial charge on any atom is -0.444 e. The average molecular weight is 521 g/mol. The molecule has 3 aromatic rings. The Morgan fingerprint density at radius 3 is 2.32 bits per heavy atom. The van der Waals surface area contributed by atoms with Crippen LogP contribution in [0.4, 0.5) is 16.2 Å². The van der Waals surface area contributed by atoms with Gasteiger partial charge in [-0.2, -0.15) is 0 Å². The summed E-state index contributed by atoms with van der Waals surface area (Å²) in [6, 6.07) is 13.2. The molecule has 3 aliphatic rings. The minimum atomic E-state index is -0.467. The predicted molar refractivity (Wildman–Crippen MR) is 150 cm³/mol. The second kappa shape index (κ2) is 9.48. The molecule has 8 heteroatoms. The summed E-state index contributed by atoms with van der Waals surface area (Å²) < 4.78 is 12.5. The highest BCUT2D eigenvalue weighted by Crippen LogP contribution is 2.40. The number of hydrogen-bond acceptors (Lipinski definition) is 7. The zero-order valence-corrected chi connectivity index (χ0v) is 23.0. The van der Waals surface area contributed by atoms with Crippen molar-refractivity contribution < 1.29 is 14.3 Å². The Bertz CT molecular complexity index is 1280. The number of thiophene rings is 1. The molecule has 0 bridgehead atoms. The maximum Gasteiger partial charge on any atom is 0.410 e. The Hall–Kier alpha value is -2.84. The summed E-state index contributed by atoms with van der Waals surface area (Å²) in [6.07, 6.45) is -0.224. The van der Waals surface area contributed by atoms with E-state index in [1.54, 1.807) is 4.90 Å². The minimum absolute atomic E-state index is 0.224. The maximum absolute atomic E-state index is 12.4. The molecule has 3 aliphatic heterocycles. The number of nitrogens with zero attached hydrogens (tertiary/aromatic N) is 4. The quantitative estimate of drug-likeness (QED) is 0.460. The molecule has 7 nitrogen and oxygen atoms in total. The van der Waals surface area contributed by atoms with Gasteiger partial charge in [0, 0.05) is 67.2 Å². The molecule has 0 radical (unpaired) electrons. The fraction of sp³-hybridized carbons (Fsp3) is 0.517. The molecule has 2 aromatic heterocycles. The number of hydrogen-bond donors (Lipinski definition) is 0. The Labute approximate surface area is 223 Å². The first-order valence-corrected chi connectivity index (χ1v) is 14.1. The number of piperazine rings is 1. The number of carbonyl (C=O) groups is 1. The summed E-state index contributed by atoms with van der Waals surface area (Å²) in [5, 5.41) is 0. The smallest absolute Gasteiger partial charge is 0.410 e. The Balaban J connectivity index is 1.19. The lowest BCUT2D eigenvalue weighted by molar-refractivity contribution is 0.0240. The Kier molecular flexibility index (Phi) is 6.27. The number of anilines is 2. The van der Waals surface area contributed by atoms with Crippen LogP contribution in [0, 0.1) is 18.8 Å². The molecule has 196 valence electrons. The number of ether oxygens (including phenoxy) is 2. The van der Waals surface area contributed by atoms with E-state index in [4.69, 9.17) is 14.5 Å². The lowest BCUT2D eigenvalue weighted by Gasteiger charge is -2.36. The topological polar surface area (TPSA) is 58.1 Å². The van der Waals surface area contributed by atoms with Crippen LogP contribution in [0.5, 0.6) is 0 Å². The molecule has 3 fully saturated rings. The van der Waals surface area contributed by atoms with Gasteiger partial charge in [0.25, 0.3) is 0 Å². The fourth-order valence-electron chi connectivity index (χ4n) is 5.71. The van der Waals surface area contributed by atoms with Crippen LogP contribution in [0.25, 0.3) is 21.5 Å². The van der Waals surface area contributed by atoms with E-state index in [1.165, 1.54) is 21.0 Å². The van der Waals surface area contributed by atoms with Crippen molar-refractivity contribution in [1.82, 2.24) is 9.88 Å². The molecule has 6 rings (SSSR count). The number of carbonyl (C=O) groups excluding carboxylic acids is 1. The predicted octanol–water partition coefficient (Wildman–Crippen LogP) is 5.41. The van der Waals surface area contributed by atoms with Crippen LogP contribution in [0.3, 0.4) is 0 Å². The van der Waals surface area contributed by atoms with Gasteiger partial charge in [0.1, 0.15) is 5.60 Å². The molecule has 2 unspecified atom stereocenters. The zero-order valence-electron chi connectivity index (χ0n) is 22.2. The summed E-state index contributed by atoms with van der Waals surface area (Å²) in [4.78, 5) is 25.4. The van der Waals surface area contributed by atoms with Gasteiger partial charge in [0.05, 0.1) is 34.8 Å². The van der Waals surface area contributed by atoms with Crippen LogP contribution in [-0.4, -0.2) is 74.1 Å². The summed E-state index contributed by atoms with van der Waals surface area (Å²) in [5.74, 6) is 1.28. The van der Waals surface area contributed by atoms with Crippen molar-refractivity contribution in [2.24, 2.45) is 11.8 Å². The first-order chi connectivity index (χ1) is 17.7. The SMILES string of the molecule is Cc1cc2nc(-c3ccc(N4CCN(C(=O)OC(C)(C)C)CC4)cc3)cc(N3CC4COCC4C3)c2s1. The number of aromatic nitrogens is 1. The van der Waals surface area contributed by atoms with E-state index in [9.17, 15) is 4.79 Å². The molecule has 0 spiro atoms. The molecule has 0 N–H and O–H groups in total. The van der Waals surface area contributed by atoms with Gasteiger partial charge in [-0.15, -0.1) is 11.3 Å². The molecule has 3 saturated heterocycles. The van der Waals surface area contributed by atoms with Gasteiger partial charge in [-0.1, -0.05) is 12.1 Å². The molecule has 37 heavy (non-hydrogen) atoms. The second-order valence-electron chi connectivity index (χ2n) is 11.6. The van der Waals surface area contributed by atoms with Gasteiger partial charge in [0.2, 0.25) is 0 Å². The van der Waals surface area contributed by atoms with Crippen molar-refractivity contribution in [1.29, 1.82) is 0 Å². The number of amides is 1. The zero-order chi connectivity index (χ0) is 25.7. The highest BCUT2D eigenvalue weighted by Gasteiger charge is 2.38. The molecule has 5 heterocycles. The van der Waals surface area contributed by atoms with E-state index in [2.05, 4.69) is 53.1 Å². The average Bonchev–Trinajstić information content (AvgIpc) is 3.57. The van der Waals surface area contributed by atoms with Crippen LogP contribution in [0.15, 0.2) is 36.4 Å². The normalized spacial score (nSPS) is 22.1. The molecular formula is C29H36N4O3S. The number of benzene rings is 1. The van der Waals surface area contributed by atoms with E-state index in [1.807, 2.05) is 32.1 Å². The number of fused-ring (bicyclic) bond motifs is 2. The van der Waals surface area contributed by atoms with E-state index in [0.29, 0.717) is 24.9 Å². The van der Waals surface area contributed by atoms with Gasteiger partial charge < -0.3 is 24.2 Å². The van der Waals surface area contributed by atoms with Crippen molar-refractivity contribution in [3.63, 3.8) is 0 Å². The fourth-order valence-corrected chi connectivity index (χ4v) is 6.70. The van der Waals surface area contributed by atoms with E-state index < -0.39 is 5.60 Å². The summed E-state index contributed by atoms with van der Waals surface area (Å²) >= 11 is 1.84. The van der Waals surface area contributed by atoms with Crippen LogP contribution >= 0.6 is 11.3 Å². The van der Waals surface area contributed by atoms with E-state index >= 15 is 0 Å². The highest BCUT2D eigenvalue weighted by molar-refractivity contribution is 7.19. The summed E-state index contributed by atoms with van der Waals surface area (Å²) in [6.45, 7) is 14.7. The number of pyridine rings is 1. The van der Waals surface area contributed by atoms with Crippen LogP contribution in [-0.2, 0) is 9.47 Å². The van der Waals surface area contributed by atoms with Crippen molar-refractivity contribution in [3.05, 3.63) is 41.3 Å². The molecule has 1 amide bonds. The third-order valence-electron chi connectivity index (χ3n) is 7.62. The monoisotopic (exact) mass is 520 g/mol. The van der Waals surface area contributed by atoms with E-state index in [0.717, 1.165) is 56.2 Å². The van der Waals surface area contributed by atoms with Crippen LogP contribution < -0.4 is 9.80 Å². The lowest BCUT2D eigenvalue weighted by Crippen LogP contribution is -2.50. The molecule has 1 aromatic carbocycles. The maximum atomic E-state index is 12.4.